The third kappa shape index (κ3) is 2.00. The summed E-state index contributed by atoms with van der Waals surface area (Å²) in [7, 11) is 0. The summed E-state index contributed by atoms with van der Waals surface area (Å²) in [6.07, 6.45) is 6.50. The van der Waals surface area contributed by atoms with Crippen molar-refractivity contribution in [1.82, 2.24) is 0 Å². The molecule has 2 aromatic rings. The number of fused-ring (bicyclic) bond motifs is 2. The number of rotatable bonds is 1. The van der Waals surface area contributed by atoms with Crippen molar-refractivity contribution in [3.63, 3.8) is 0 Å². The van der Waals surface area contributed by atoms with E-state index in [2.05, 4.69) is 24.0 Å². The minimum atomic E-state index is -0.586. The highest BCUT2D eigenvalue weighted by atomic mass is 16.4. The number of benzene rings is 1. The molecular weight excluding hydrogens is 276 g/mol. The van der Waals surface area contributed by atoms with Gasteiger partial charge in [0.05, 0.1) is 0 Å². The van der Waals surface area contributed by atoms with E-state index in [1.165, 1.54) is 0 Å². The van der Waals surface area contributed by atoms with Gasteiger partial charge in [-0.2, -0.15) is 0 Å². The van der Waals surface area contributed by atoms with Crippen LogP contribution in [0, 0.1) is 32.6 Å². The summed E-state index contributed by atoms with van der Waals surface area (Å²) in [5.74, 6) is 6.35. The highest BCUT2D eigenvalue weighted by molar-refractivity contribution is 5.96. The summed E-state index contributed by atoms with van der Waals surface area (Å²) in [6, 6.07) is 0. The Labute approximate surface area is 128 Å². The Morgan fingerprint density at radius 2 is 1.95 bits per heavy atom. The van der Waals surface area contributed by atoms with Crippen molar-refractivity contribution in [3.05, 3.63) is 49.9 Å². The Bertz CT molecular complexity index is 947. The molecule has 0 atom stereocenters. The van der Waals surface area contributed by atoms with Gasteiger partial charge in [0.15, 0.2) is 6.29 Å². The van der Waals surface area contributed by atoms with E-state index in [1.54, 1.807) is 6.92 Å². The van der Waals surface area contributed by atoms with Gasteiger partial charge >= 0.3 is 5.63 Å². The third-order valence-electron chi connectivity index (χ3n) is 4.24. The lowest BCUT2D eigenvalue weighted by Crippen LogP contribution is -2.11. The van der Waals surface area contributed by atoms with Crippen LogP contribution in [0.15, 0.2) is 15.3 Å². The van der Waals surface area contributed by atoms with Crippen LogP contribution in [0.3, 0.4) is 0 Å². The molecule has 0 N–H and O–H groups in total. The van der Waals surface area contributed by atoms with E-state index in [0.717, 1.165) is 40.5 Å². The molecule has 0 amide bonds. The molecule has 3 heteroatoms. The molecule has 0 saturated carbocycles. The molecule has 0 fully saturated rings. The van der Waals surface area contributed by atoms with Crippen LogP contribution in [0.1, 0.15) is 51.0 Å². The maximum atomic E-state index is 12.0. The van der Waals surface area contributed by atoms with Crippen molar-refractivity contribution in [3.8, 4) is 11.8 Å². The first-order valence-electron chi connectivity index (χ1n) is 7.27. The maximum Gasteiger partial charge on any atom is 0.347 e. The van der Waals surface area contributed by atoms with Crippen LogP contribution >= 0.6 is 0 Å². The fraction of sp³-hybridized carbons (Fsp3) is 0.263. The average Bonchev–Trinajstić information content (AvgIpc) is 2.44. The lowest BCUT2D eigenvalue weighted by molar-refractivity contribution is 0.111. The van der Waals surface area contributed by atoms with Crippen molar-refractivity contribution in [2.24, 2.45) is 0 Å². The Hall–Kier alpha value is -2.60. The fourth-order valence-electron chi connectivity index (χ4n) is 3.02. The largest absolute Gasteiger partial charge is 0.422 e. The van der Waals surface area contributed by atoms with E-state index in [9.17, 15) is 9.59 Å². The highest BCUT2D eigenvalue weighted by Gasteiger charge is 2.19. The van der Waals surface area contributed by atoms with Crippen LogP contribution in [0.2, 0.25) is 0 Å². The molecule has 0 spiro atoms. The second-order valence-corrected chi connectivity index (χ2v) is 5.53. The molecule has 0 bridgehead atoms. The first-order valence-corrected chi connectivity index (χ1v) is 7.27. The number of allylic oxidation sites excluding steroid dienone is 1. The first-order chi connectivity index (χ1) is 10.6. The van der Waals surface area contributed by atoms with E-state index in [1.807, 2.05) is 13.8 Å². The zero-order valence-electron chi connectivity index (χ0n) is 12.9. The molecule has 1 heterocycles. The van der Waals surface area contributed by atoms with Gasteiger partial charge in [-0.15, -0.1) is 0 Å². The lowest BCUT2D eigenvalue weighted by Gasteiger charge is -2.15. The third-order valence-corrected chi connectivity index (χ3v) is 4.24. The zero-order chi connectivity index (χ0) is 15.9. The SMILES string of the molecule is Cc1c2c(c(C)c3c(C)c(C=O)c(=O)oc13)/C=C\CCC#C2. The Morgan fingerprint density at radius 3 is 2.68 bits per heavy atom. The molecule has 1 aromatic carbocycles. The second-order valence-electron chi connectivity index (χ2n) is 5.53. The molecule has 0 radical (unpaired) electrons. The van der Waals surface area contributed by atoms with Gasteiger partial charge in [-0.05, 0) is 43.9 Å². The molecule has 0 saturated heterocycles. The van der Waals surface area contributed by atoms with E-state index >= 15 is 0 Å². The molecule has 0 unspecified atom stereocenters. The molecule has 0 aliphatic heterocycles. The van der Waals surface area contributed by atoms with Crippen molar-refractivity contribution in [2.75, 3.05) is 0 Å². The normalized spacial score (nSPS) is 14.5. The van der Waals surface area contributed by atoms with Gasteiger partial charge in [-0.1, -0.05) is 24.0 Å². The van der Waals surface area contributed by atoms with Gasteiger partial charge in [0.2, 0.25) is 0 Å². The molecule has 22 heavy (non-hydrogen) atoms. The van der Waals surface area contributed by atoms with E-state index in [0.29, 0.717) is 17.4 Å². The lowest BCUT2D eigenvalue weighted by atomic mass is 9.89. The van der Waals surface area contributed by atoms with Gasteiger partial charge in [0.25, 0.3) is 0 Å². The predicted molar refractivity (Wildman–Crippen MR) is 87.2 cm³/mol. The van der Waals surface area contributed by atoms with Gasteiger partial charge in [-0.25, -0.2) is 4.79 Å². The molecule has 1 aromatic heterocycles. The van der Waals surface area contributed by atoms with Crippen LogP contribution in [0.25, 0.3) is 17.0 Å². The monoisotopic (exact) mass is 292 g/mol. The molecule has 1 aliphatic rings. The fourth-order valence-corrected chi connectivity index (χ4v) is 3.02. The maximum absolute atomic E-state index is 12.0. The summed E-state index contributed by atoms with van der Waals surface area (Å²) in [6.45, 7) is 5.68. The summed E-state index contributed by atoms with van der Waals surface area (Å²) < 4.78 is 5.44. The quantitative estimate of drug-likeness (QED) is 0.457. The Balaban J connectivity index is 2.58. The number of carbonyl (C=O) groups is 1. The average molecular weight is 292 g/mol. The molecule has 3 rings (SSSR count). The van der Waals surface area contributed by atoms with Gasteiger partial charge in [0.1, 0.15) is 11.1 Å². The minimum absolute atomic E-state index is 0.0934. The van der Waals surface area contributed by atoms with Gasteiger partial charge in [-0.3, -0.25) is 4.79 Å². The predicted octanol–water partition coefficient (Wildman–Crippen LogP) is 3.69. The van der Waals surface area contributed by atoms with Gasteiger partial charge in [0, 0.05) is 22.9 Å². The summed E-state index contributed by atoms with van der Waals surface area (Å²) in [5, 5.41) is 0.838. The number of hydrogen-bond donors (Lipinski definition) is 0. The van der Waals surface area contributed by atoms with E-state index < -0.39 is 5.63 Å². The standard InChI is InChI=1S/C19H16O3/c1-11-14-8-6-4-5-7-9-15(14)13(3)18-17(11)12(2)16(10-20)19(21)22-18/h6,8,10H,4-5H2,1-3H3/b8-6-. The number of aryl methyl sites for hydroxylation is 3. The molecule has 3 nitrogen and oxygen atoms in total. The highest BCUT2D eigenvalue weighted by Crippen LogP contribution is 2.33. The summed E-state index contributed by atoms with van der Waals surface area (Å²) >= 11 is 0. The summed E-state index contributed by atoms with van der Waals surface area (Å²) in [4.78, 5) is 23.2. The van der Waals surface area contributed by atoms with Crippen molar-refractivity contribution in [1.29, 1.82) is 0 Å². The zero-order valence-corrected chi connectivity index (χ0v) is 12.9. The molecular formula is C19H16O3. The van der Waals surface area contributed by atoms with Crippen LogP contribution in [-0.2, 0) is 0 Å². The van der Waals surface area contributed by atoms with Crippen molar-refractivity contribution >= 4 is 23.3 Å². The van der Waals surface area contributed by atoms with Crippen molar-refractivity contribution < 1.29 is 9.21 Å². The van der Waals surface area contributed by atoms with Crippen LogP contribution in [0.5, 0.6) is 0 Å². The van der Waals surface area contributed by atoms with Crippen LogP contribution in [0.4, 0.5) is 0 Å². The van der Waals surface area contributed by atoms with E-state index in [-0.39, 0.29) is 5.56 Å². The van der Waals surface area contributed by atoms with Crippen molar-refractivity contribution in [2.45, 2.75) is 33.6 Å². The first kappa shape index (κ1) is 14.3. The van der Waals surface area contributed by atoms with Gasteiger partial charge < -0.3 is 4.42 Å². The Morgan fingerprint density at radius 1 is 1.18 bits per heavy atom. The molecule has 1 aliphatic carbocycles. The van der Waals surface area contributed by atoms with Crippen LogP contribution < -0.4 is 5.63 Å². The van der Waals surface area contributed by atoms with Crippen LogP contribution in [-0.4, -0.2) is 6.29 Å². The second kappa shape index (κ2) is 5.31. The summed E-state index contributed by atoms with van der Waals surface area (Å²) in [5.41, 5.74) is 4.52. The Kier molecular flexibility index (Phi) is 3.46. The van der Waals surface area contributed by atoms with E-state index in [4.69, 9.17) is 4.42 Å². The molecule has 110 valence electrons. The topological polar surface area (TPSA) is 47.3 Å². The number of carbonyl (C=O) groups excluding carboxylic acids is 1. The number of aldehydes is 1. The smallest absolute Gasteiger partial charge is 0.347 e. The number of hydrogen-bond acceptors (Lipinski definition) is 3. The minimum Gasteiger partial charge on any atom is -0.422 e.